The Morgan fingerprint density at radius 3 is 1.28 bits per heavy atom. The second-order valence-electron chi connectivity index (χ2n) is 7.38. The highest BCUT2D eigenvalue weighted by molar-refractivity contribution is 6.66. The molecule has 0 saturated heterocycles. The van der Waals surface area contributed by atoms with Crippen LogP contribution in [0.1, 0.15) is 0 Å². The molecule has 4 radical (unpaired) electrons. The lowest BCUT2D eigenvalue weighted by Gasteiger charge is -2.04. The van der Waals surface area contributed by atoms with E-state index in [0.717, 1.165) is 33.2 Å². The molecule has 32 heavy (non-hydrogen) atoms. The normalized spacial score (nSPS) is 11.4. The lowest BCUT2D eigenvalue weighted by Crippen LogP contribution is -2.27. The summed E-state index contributed by atoms with van der Waals surface area (Å²) in [4.78, 5) is 9.16. The maximum atomic E-state index is 5.86. The van der Waals surface area contributed by atoms with Crippen molar-refractivity contribution in [2.45, 2.75) is 0 Å². The smallest absolute Gasteiger partial charge is 0.200 e. The summed E-state index contributed by atoms with van der Waals surface area (Å²) in [5, 5.41) is 2.41. The molecule has 4 aromatic carbocycles. The molecule has 0 N–H and O–H groups in total. The Bertz CT molecular complexity index is 1340. The van der Waals surface area contributed by atoms with E-state index in [-0.39, 0.29) is 0 Å². The van der Waals surface area contributed by atoms with E-state index in [9.17, 15) is 0 Å². The largest absolute Gasteiger partial charge is 0.446 e. The molecule has 6 aromatic rings. The van der Waals surface area contributed by atoms with Crippen LogP contribution in [0, 0.1) is 0 Å². The van der Waals surface area contributed by atoms with Gasteiger partial charge in [0.25, 0.3) is 0 Å². The number of hydrogen-bond acceptors (Lipinski definition) is 4. The number of oxazole rings is 2. The maximum Gasteiger partial charge on any atom is 0.200 e. The minimum atomic E-state index is 0.397. The van der Waals surface area contributed by atoms with Crippen LogP contribution < -0.4 is 21.4 Å². The highest BCUT2D eigenvalue weighted by Crippen LogP contribution is 2.17. The van der Waals surface area contributed by atoms with E-state index in [1.807, 2.05) is 48.5 Å². The van der Waals surface area contributed by atoms with Gasteiger partial charge in [-0.15, -0.1) is 0 Å². The summed E-state index contributed by atoms with van der Waals surface area (Å²) in [5.74, 6) is 0. The second-order valence-corrected chi connectivity index (χ2v) is 9.89. The molecule has 2 aromatic heterocycles. The van der Waals surface area contributed by atoms with E-state index >= 15 is 0 Å². The lowest BCUT2D eigenvalue weighted by molar-refractivity contribution is 0.642. The van der Waals surface area contributed by atoms with E-state index in [4.69, 9.17) is 8.83 Å². The van der Waals surface area contributed by atoms with Gasteiger partial charge in [-0.2, -0.15) is 0 Å². The van der Waals surface area contributed by atoms with Crippen LogP contribution in [0.4, 0.5) is 0 Å². The summed E-state index contributed by atoms with van der Waals surface area (Å²) in [7, 11) is 0.795. The third kappa shape index (κ3) is 3.81. The number of hydrogen-bond donors (Lipinski definition) is 0. The number of nitrogens with zero attached hydrogens (tertiary/aromatic N) is 2. The van der Waals surface area contributed by atoms with Gasteiger partial charge in [0.2, 0.25) is 0 Å². The van der Waals surface area contributed by atoms with Gasteiger partial charge in [0.1, 0.15) is 11.0 Å². The molecule has 0 bridgehead atoms. The van der Waals surface area contributed by atoms with Crippen molar-refractivity contribution in [3.05, 3.63) is 97.1 Å². The van der Waals surface area contributed by atoms with Crippen LogP contribution in [-0.4, -0.2) is 29.0 Å². The third-order valence-corrected chi connectivity index (χ3v) is 7.29. The first-order valence-corrected chi connectivity index (χ1v) is 12.3. The molecule has 0 saturated carbocycles. The molecule has 0 aliphatic heterocycles. The predicted molar refractivity (Wildman–Crippen MR) is 130 cm³/mol. The van der Waals surface area contributed by atoms with Gasteiger partial charge in [-0.1, -0.05) is 83.2 Å². The van der Waals surface area contributed by atoms with E-state index in [0.29, 0.717) is 19.0 Å². The van der Waals surface area contributed by atoms with E-state index in [2.05, 4.69) is 58.5 Å². The van der Waals surface area contributed by atoms with Crippen LogP contribution in [0.3, 0.4) is 0 Å². The van der Waals surface area contributed by atoms with Crippen LogP contribution >= 0.6 is 0 Å². The quantitative estimate of drug-likeness (QED) is 0.384. The second kappa shape index (κ2) is 8.07. The molecule has 0 unspecified atom stereocenters. The average molecular weight is 445 g/mol. The van der Waals surface area contributed by atoms with Gasteiger partial charge in [0.05, 0.1) is 0 Å². The fraction of sp³-hybridized carbons (Fsp3) is 0. The number of rotatable bonds is 5. The van der Waals surface area contributed by atoms with Gasteiger partial charge >= 0.3 is 0 Å². The number of aromatic nitrogens is 2. The lowest BCUT2D eigenvalue weighted by atomic mass is 10.1. The van der Waals surface area contributed by atoms with Gasteiger partial charge < -0.3 is 8.83 Å². The van der Waals surface area contributed by atoms with E-state index in [1.54, 1.807) is 0 Å². The molecule has 0 fully saturated rings. The maximum absolute atomic E-state index is 5.86. The highest BCUT2D eigenvalue weighted by Gasteiger charge is 2.10. The van der Waals surface area contributed by atoms with Crippen LogP contribution in [0.5, 0.6) is 0 Å². The molecule has 0 amide bonds. The van der Waals surface area contributed by atoms with Crippen molar-refractivity contribution >= 4 is 62.6 Å². The van der Waals surface area contributed by atoms with Gasteiger partial charge in [-0.05, 0) is 35.4 Å². The summed E-state index contributed by atoms with van der Waals surface area (Å²) in [5.41, 5.74) is 7.40. The van der Waals surface area contributed by atoms with Crippen molar-refractivity contribution in [3.63, 3.8) is 0 Å². The molecule has 150 valence electrons. The average Bonchev–Trinajstić information content (AvgIpc) is 3.43. The van der Waals surface area contributed by atoms with Crippen LogP contribution in [0.25, 0.3) is 33.3 Å². The topological polar surface area (TPSA) is 52.1 Å². The van der Waals surface area contributed by atoms with Crippen LogP contribution in [0.2, 0.25) is 0 Å². The first-order valence-electron chi connectivity index (χ1n) is 10.3. The minimum Gasteiger partial charge on any atom is -0.446 e. The van der Waals surface area contributed by atoms with Gasteiger partial charge in [-0.25, -0.2) is 9.97 Å². The van der Waals surface area contributed by atoms with Crippen molar-refractivity contribution in [3.8, 4) is 11.1 Å². The van der Waals surface area contributed by atoms with Crippen molar-refractivity contribution in [2.24, 2.45) is 0 Å². The Kier molecular flexibility index (Phi) is 4.78. The number of benzene rings is 4. The third-order valence-electron chi connectivity index (χ3n) is 5.19. The molecule has 2 heterocycles. The first-order chi connectivity index (χ1) is 15.8. The molecular weight excluding hydrogens is 428 g/mol. The molecule has 4 nitrogen and oxygen atoms in total. The summed E-state index contributed by atoms with van der Waals surface area (Å²) in [6, 6.07) is 33.0. The summed E-state index contributed by atoms with van der Waals surface area (Å²) >= 11 is 0. The fourth-order valence-corrected chi connectivity index (χ4v) is 5.43. The fourth-order valence-electron chi connectivity index (χ4n) is 3.59. The zero-order valence-corrected chi connectivity index (χ0v) is 18.9. The van der Waals surface area contributed by atoms with Gasteiger partial charge in [0.15, 0.2) is 41.2 Å². The van der Waals surface area contributed by atoms with Crippen molar-refractivity contribution < 1.29 is 8.83 Å². The van der Waals surface area contributed by atoms with Crippen LogP contribution in [-0.2, 0) is 0 Å². The van der Waals surface area contributed by atoms with Crippen molar-refractivity contribution in [2.75, 3.05) is 0 Å². The Morgan fingerprint density at radius 1 is 0.469 bits per heavy atom. The van der Waals surface area contributed by atoms with E-state index < -0.39 is 0 Å². The van der Waals surface area contributed by atoms with Crippen molar-refractivity contribution in [1.29, 1.82) is 0 Å². The summed E-state index contributed by atoms with van der Waals surface area (Å²) in [6.45, 7) is 0. The molecule has 0 atom stereocenters. The summed E-state index contributed by atoms with van der Waals surface area (Å²) < 4.78 is 11.7. The zero-order chi connectivity index (χ0) is 21.3. The zero-order valence-electron chi connectivity index (χ0n) is 16.9. The number of fused-ring (bicyclic) bond motifs is 2. The standard InChI is InChI=1S/C26H16N2O2Si2/c1-3-7-23-21(5-1)27-25(29-23)31-19-13-9-17(10-14-19)18-11-15-20(16-12-18)32-26-28-22-6-2-4-8-24(22)30-26/h1-16H. The summed E-state index contributed by atoms with van der Waals surface area (Å²) in [6.07, 6.45) is 0. The minimum absolute atomic E-state index is 0.397. The molecule has 0 aliphatic rings. The highest BCUT2D eigenvalue weighted by atomic mass is 28.2. The van der Waals surface area contributed by atoms with E-state index in [1.165, 1.54) is 21.5 Å². The Morgan fingerprint density at radius 2 is 0.875 bits per heavy atom. The predicted octanol–water partition coefficient (Wildman–Crippen LogP) is 2.95. The SMILES string of the molecule is c1ccc2oc([Si]c3ccc(-c4ccc([Si]c5nc6ccccc6o5)cc4)cc3)nc2c1. The molecule has 0 aliphatic carbocycles. The molecule has 6 heteroatoms. The van der Waals surface area contributed by atoms with Gasteiger partial charge in [-0.3, -0.25) is 0 Å². The van der Waals surface area contributed by atoms with Crippen molar-refractivity contribution in [1.82, 2.24) is 9.97 Å². The van der Waals surface area contributed by atoms with Crippen LogP contribution in [0.15, 0.2) is 106 Å². The number of para-hydroxylation sites is 4. The first kappa shape index (κ1) is 19.0. The van der Waals surface area contributed by atoms with Gasteiger partial charge in [0, 0.05) is 0 Å². The molecule has 0 spiro atoms. The Balaban J connectivity index is 1.16. The monoisotopic (exact) mass is 444 g/mol. The Hall–Kier alpha value is -3.75. The Labute approximate surface area is 189 Å². The molecular formula is C26H16N2O2Si2. The molecule has 6 rings (SSSR count).